The number of halogens is 1. The van der Waals surface area contributed by atoms with Crippen molar-refractivity contribution in [3.63, 3.8) is 0 Å². The minimum atomic E-state index is -0.658. The molecule has 2 rings (SSSR count). The van der Waals surface area contributed by atoms with Crippen LogP contribution in [-0.2, 0) is 4.74 Å². The number of carbonyl (C=O) groups is 1. The maximum Gasteiger partial charge on any atom is 0.414 e. The van der Waals surface area contributed by atoms with Crippen LogP contribution in [0.4, 0.5) is 14.9 Å². The second kappa shape index (κ2) is 4.39. The maximum absolute atomic E-state index is 13.4. The lowest BCUT2D eigenvalue weighted by Gasteiger charge is -2.12. The first kappa shape index (κ1) is 11.4. The Morgan fingerprint density at radius 1 is 1.65 bits per heavy atom. The fourth-order valence-corrected chi connectivity index (χ4v) is 1.62. The third-order valence-corrected chi connectivity index (χ3v) is 2.52. The molecule has 2 N–H and O–H groups in total. The molecule has 1 aromatic rings. The van der Waals surface area contributed by atoms with Gasteiger partial charge in [-0.25, -0.2) is 9.18 Å². The molecule has 6 heteroatoms. The van der Waals surface area contributed by atoms with Crippen LogP contribution in [0.5, 0.6) is 0 Å². The van der Waals surface area contributed by atoms with Crippen molar-refractivity contribution < 1.29 is 13.9 Å². The fraction of sp³-hybridized carbons (Fsp3) is 0.273. The Hall–Kier alpha value is -2.13. The van der Waals surface area contributed by atoms with Crippen LogP contribution >= 0.6 is 0 Å². The quantitative estimate of drug-likeness (QED) is 0.828. The second-order valence-electron chi connectivity index (χ2n) is 3.63. The van der Waals surface area contributed by atoms with Crippen LogP contribution in [0.15, 0.2) is 18.2 Å². The number of cyclic esters (lactones) is 1. The molecule has 0 saturated carbocycles. The van der Waals surface area contributed by atoms with Crippen molar-refractivity contribution in [2.75, 3.05) is 18.0 Å². The molecule has 0 spiro atoms. The zero-order valence-corrected chi connectivity index (χ0v) is 8.89. The number of anilines is 1. The molecule has 1 fully saturated rings. The van der Waals surface area contributed by atoms with Gasteiger partial charge in [-0.1, -0.05) is 0 Å². The summed E-state index contributed by atoms with van der Waals surface area (Å²) in [4.78, 5) is 12.8. The Morgan fingerprint density at radius 2 is 2.41 bits per heavy atom. The van der Waals surface area contributed by atoms with E-state index in [0.717, 1.165) is 6.07 Å². The molecule has 1 atom stereocenters. The van der Waals surface area contributed by atoms with E-state index in [1.165, 1.54) is 17.0 Å². The van der Waals surface area contributed by atoms with Gasteiger partial charge in [0.2, 0.25) is 0 Å². The largest absolute Gasteiger partial charge is 0.443 e. The number of nitrogens with two attached hydrogens (primary N) is 1. The van der Waals surface area contributed by atoms with E-state index < -0.39 is 11.9 Å². The number of amides is 1. The summed E-state index contributed by atoms with van der Waals surface area (Å²) in [6, 6.07) is 5.68. The standard InChI is InChI=1S/C11H10FN3O2/c12-10-3-8(2-1-7(10)4-13)15-6-9(5-14)17-11(15)16/h1-3,9H,5-6,14H2/t9-/m0/s1. The minimum absolute atomic E-state index is 0.0586. The number of carbonyl (C=O) groups excluding carboxylic acids is 1. The average molecular weight is 235 g/mol. The van der Waals surface area contributed by atoms with Crippen LogP contribution in [-0.4, -0.2) is 25.3 Å². The van der Waals surface area contributed by atoms with E-state index in [1.807, 2.05) is 0 Å². The van der Waals surface area contributed by atoms with Crippen molar-refractivity contribution in [3.05, 3.63) is 29.6 Å². The predicted molar refractivity (Wildman–Crippen MR) is 57.8 cm³/mol. The molecule has 0 aliphatic carbocycles. The number of rotatable bonds is 2. The van der Waals surface area contributed by atoms with E-state index in [2.05, 4.69) is 0 Å². The summed E-state index contributed by atoms with van der Waals surface area (Å²) in [6.45, 7) is 0.516. The summed E-state index contributed by atoms with van der Waals surface area (Å²) in [7, 11) is 0. The van der Waals surface area contributed by atoms with Gasteiger partial charge in [-0.2, -0.15) is 5.26 Å². The summed E-state index contributed by atoms with van der Waals surface area (Å²) in [5.41, 5.74) is 5.70. The molecule has 0 aromatic heterocycles. The first-order chi connectivity index (χ1) is 8.15. The van der Waals surface area contributed by atoms with Crippen molar-refractivity contribution in [2.24, 2.45) is 5.73 Å². The van der Waals surface area contributed by atoms with Gasteiger partial charge in [0.15, 0.2) is 0 Å². The van der Waals surface area contributed by atoms with Gasteiger partial charge in [0.05, 0.1) is 17.8 Å². The highest BCUT2D eigenvalue weighted by Gasteiger charge is 2.31. The molecule has 1 heterocycles. The number of ether oxygens (including phenoxy) is 1. The molecule has 0 bridgehead atoms. The summed E-state index contributed by atoms with van der Waals surface area (Å²) in [5.74, 6) is -0.658. The first-order valence-corrected chi connectivity index (χ1v) is 5.03. The summed E-state index contributed by atoms with van der Waals surface area (Å²) < 4.78 is 18.3. The lowest BCUT2D eigenvalue weighted by atomic mass is 10.2. The topological polar surface area (TPSA) is 79.3 Å². The maximum atomic E-state index is 13.4. The van der Waals surface area contributed by atoms with Crippen LogP contribution < -0.4 is 10.6 Å². The lowest BCUT2D eigenvalue weighted by Crippen LogP contribution is -2.27. The van der Waals surface area contributed by atoms with Crippen molar-refractivity contribution in [1.82, 2.24) is 0 Å². The summed E-state index contributed by atoms with van der Waals surface area (Å²) >= 11 is 0. The Bertz CT molecular complexity index is 498. The molecule has 0 radical (unpaired) electrons. The van der Waals surface area contributed by atoms with Gasteiger partial charge in [0.25, 0.3) is 0 Å². The summed E-state index contributed by atoms with van der Waals surface area (Å²) in [5, 5.41) is 8.59. The lowest BCUT2D eigenvalue weighted by molar-refractivity contribution is 0.145. The van der Waals surface area contributed by atoms with Crippen LogP contribution in [0.3, 0.4) is 0 Å². The molecule has 0 unspecified atom stereocenters. The van der Waals surface area contributed by atoms with Gasteiger partial charge < -0.3 is 10.5 Å². The highest BCUT2D eigenvalue weighted by atomic mass is 19.1. The number of hydrogen-bond donors (Lipinski definition) is 1. The number of nitrogens with zero attached hydrogens (tertiary/aromatic N) is 2. The van der Waals surface area contributed by atoms with Gasteiger partial charge >= 0.3 is 6.09 Å². The molecule has 88 valence electrons. The molecule has 1 amide bonds. The van der Waals surface area contributed by atoms with E-state index in [-0.39, 0.29) is 18.2 Å². The SMILES string of the molecule is N#Cc1ccc(N2C[C@H](CN)OC2=O)cc1F. The average Bonchev–Trinajstić information content (AvgIpc) is 2.70. The zero-order valence-electron chi connectivity index (χ0n) is 8.89. The molecular formula is C11H10FN3O2. The molecule has 17 heavy (non-hydrogen) atoms. The van der Waals surface area contributed by atoms with E-state index in [1.54, 1.807) is 6.07 Å². The number of benzene rings is 1. The Labute approximate surface area is 97.2 Å². The molecular weight excluding hydrogens is 225 g/mol. The number of nitriles is 1. The molecule has 1 aliphatic rings. The van der Waals surface area contributed by atoms with Crippen LogP contribution in [0.25, 0.3) is 0 Å². The summed E-state index contributed by atoms with van der Waals surface area (Å²) in [6.07, 6.45) is -0.925. The molecule has 1 aromatic carbocycles. The van der Waals surface area contributed by atoms with Crippen LogP contribution in [0, 0.1) is 17.1 Å². The number of hydrogen-bond acceptors (Lipinski definition) is 4. The van der Waals surface area contributed by atoms with Crippen molar-refractivity contribution in [3.8, 4) is 6.07 Å². The fourth-order valence-electron chi connectivity index (χ4n) is 1.62. The van der Waals surface area contributed by atoms with Gasteiger partial charge in [-0.05, 0) is 18.2 Å². The van der Waals surface area contributed by atoms with E-state index >= 15 is 0 Å². The highest BCUT2D eigenvalue weighted by Crippen LogP contribution is 2.23. The zero-order chi connectivity index (χ0) is 12.4. The van der Waals surface area contributed by atoms with Crippen LogP contribution in [0.2, 0.25) is 0 Å². The van der Waals surface area contributed by atoms with Gasteiger partial charge in [0.1, 0.15) is 18.0 Å². The van der Waals surface area contributed by atoms with E-state index in [4.69, 9.17) is 15.7 Å². The Balaban J connectivity index is 2.27. The van der Waals surface area contributed by atoms with Crippen molar-refractivity contribution in [1.29, 1.82) is 5.26 Å². The van der Waals surface area contributed by atoms with Crippen LogP contribution in [0.1, 0.15) is 5.56 Å². The Morgan fingerprint density at radius 3 is 2.94 bits per heavy atom. The highest BCUT2D eigenvalue weighted by molar-refractivity contribution is 5.89. The van der Waals surface area contributed by atoms with Gasteiger partial charge in [-0.15, -0.1) is 0 Å². The Kier molecular flexibility index (Phi) is 2.93. The van der Waals surface area contributed by atoms with E-state index in [9.17, 15) is 9.18 Å². The first-order valence-electron chi connectivity index (χ1n) is 5.03. The third-order valence-electron chi connectivity index (χ3n) is 2.52. The minimum Gasteiger partial charge on any atom is -0.443 e. The monoisotopic (exact) mass is 235 g/mol. The second-order valence-corrected chi connectivity index (χ2v) is 3.63. The molecule has 5 nitrogen and oxygen atoms in total. The van der Waals surface area contributed by atoms with Crippen molar-refractivity contribution >= 4 is 11.8 Å². The van der Waals surface area contributed by atoms with Gasteiger partial charge in [0, 0.05) is 6.54 Å². The molecule has 1 saturated heterocycles. The van der Waals surface area contributed by atoms with E-state index in [0.29, 0.717) is 12.2 Å². The normalized spacial score (nSPS) is 19.0. The predicted octanol–water partition coefficient (Wildman–Crippen LogP) is 0.981. The van der Waals surface area contributed by atoms with Gasteiger partial charge in [-0.3, -0.25) is 4.90 Å². The third kappa shape index (κ3) is 2.05. The molecule has 1 aliphatic heterocycles. The van der Waals surface area contributed by atoms with Crippen molar-refractivity contribution in [2.45, 2.75) is 6.10 Å². The smallest absolute Gasteiger partial charge is 0.414 e.